The molecule has 0 aromatic heterocycles. The lowest BCUT2D eigenvalue weighted by atomic mass is 10.2. The molecule has 0 bridgehead atoms. The van der Waals surface area contributed by atoms with Gasteiger partial charge in [0.25, 0.3) is 0 Å². The van der Waals surface area contributed by atoms with Gasteiger partial charge in [-0.3, -0.25) is 4.79 Å². The standard InChI is InChI=1S/C22H47N2O3PS/c1-16(2)21(25)29-15-22(11,12)26-13-14-27-28(23(17(3)4)18(5)6)24(19(7)8)20(9)10/h16-20H,13-15H2,1-12H3. The largest absolute Gasteiger partial charge is 0.372 e. The summed E-state index contributed by atoms with van der Waals surface area (Å²) in [6.45, 7) is 26.9. The molecule has 0 heterocycles. The minimum absolute atomic E-state index is 0.0544. The average Bonchev–Trinajstić information content (AvgIpc) is 2.54. The lowest BCUT2D eigenvalue weighted by Gasteiger charge is -2.45. The van der Waals surface area contributed by atoms with Crippen LogP contribution in [-0.2, 0) is 14.1 Å². The number of nitrogens with zero attached hydrogens (tertiary/aromatic N) is 2. The van der Waals surface area contributed by atoms with Crippen LogP contribution in [0.1, 0.15) is 83.1 Å². The van der Waals surface area contributed by atoms with Crippen LogP contribution in [0.2, 0.25) is 0 Å². The first-order valence-corrected chi connectivity index (χ1v) is 13.2. The predicted octanol–water partition coefficient (Wildman–Crippen LogP) is 6.18. The molecule has 0 fully saturated rings. The second-order valence-corrected chi connectivity index (χ2v) is 12.3. The van der Waals surface area contributed by atoms with E-state index in [9.17, 15) is 4.79 Å². The highest BCUT2D eigenvalue weighted by Gasteiger charge is 2.34. The molecule has 0 radical (unpaired) electrons. The van der Waals surface area contributed by atoms with E-state index < -0.39 is 8.45 Å². The van der Waals surface area contributed by atoms with Crippen molar-refractivity contribution >= 4 is 25.3 Å². The summed E-state index contributed by atoms with van der Waals surface area (Å²) in [6.07, 6.45) is 0. The first kappa shape index (κ1) is 29.3. The lowest BCUT2D eigenvalue weighted by Crippen LogP contribution is -2.43. The first-order valence-electron chi connectivity index (χ1n) is 11.0. The van der Waals surface area contributed by atoms with Gasteiger partial charge < -0.3 is 9.26 Å². The Hall–Kier alpha value is 0.290. The van der Waals surface area contributed by atoms with Crippen LogP contribution in [0.25, 0.3) is 0 Å². The molecule has 0 aliphatic heterocycles. The molecule has 0 unspecified atom stereocenters. The van der Waals surface area contributed by atoms with E-state index >= 15 is 0 Å². The number of thioether (sulfide) groups is 1. The van der Waals surface area contributed by atoms with Gasteiger partial charge in [0, 0.05) is 35.8 Å². The maximum absolute atomic E-state index is 11.9. The highest BCUT2D eigenvalue weighted by Crippen LogP contribution is 2.50. The molecule has 0 amide bonds. The van der Waals surface area contributed by atoms with Gasteiger partial charge in [-0.2, -0.15) is 0 Å². The van der Waals surface area contributed by atoms with Crippen molar-refractivity contribution in [3.8, 4) is 0 Å². The van der Waals surface area contributed by atoms with Crippen LogP contribution >= 0.6 is 20.2 Å². The molecule has 0 rings (SSSR count). The number of carbonyl (C=O) groups is 1. The van der Waals surface area contributed by atoms with Gasteiger partial charge in [0.05, 0.1) is 18.8 Å². The molecule has 0 N–H and O–H groups in total. The Labute approximate surface area is 186 Å². The Morgan fingerprint density at radius 1 is 0.828 bits per heavy atom. The van der Waals surface area contributed by atoms with Gasteiger partial charge in [0.1, 0.15) is 0 Å². The van der Waals surface area contributed by atoms with Crippen LogP contribution < -0.4 is 0 Å². The molecule has 0 aromatic rings. The van der Waals surface area contributed by atoms with Crippen LogP contribution in [0.3, 0.4) is 0 Å². The van der Waals surface area contributed by atoms with E-state index in [2.05, 4.69) is 64.7 Å². The smallest absolute Gasteiger partial charge is 0.191 e. The number of carbonyl (C=O) groups excluding carboxylic acids is 1. The first-order chi connectivity index (χ1) is 13.2. The van der Waals surface area contributed by atoms with E-state index in [4.69, 9.17) is 9.26 Å². The van der Waals surface area contributed by atoms with Crippen molar-refractivity contribution in [2.24, 2.45) is 5.92 Å². The summed E-state index contributed by atoms with van der Waals surface area (Å²) in [5.41, 5.74) is -0.354. The number of hydrogen-bond donors (Lipinski definition) is 0. The summed E-state index contributed by atoms with van der Waals surface area (Å²) in [4.78, 5) is 11.9. The molecule has 0 aliphatic rings. The van der Waals surface area contributed by atoms with Crippen LogP contribution in [0, 0.1) is 5.92 Å². The SMILES string of the molecule is CC(C)C(=O)SCC(C)(C)OCCOP(N(C(C)C)C(C)C)N(C(C)C)C(C)C. The minimum Gasteiger partial charge on any atom is -0.372 e. The summed E-state index contributed by atoms with van der Waals surface area (Å²) >= 11 is 1.36. The van der Waals surface area contributed by atoms with Gasteiger partial charge in [-0.05, 0) is 69.2 Å². The molecule has 0 saturated carbocycles. The van der Waals surface area contributed by atoms with Crippen molar-refractivity contribution in [3.05, 3.63) is 0 Å². The van der Waals surface area contributed by atoms with E-state index in [-0.39, 0.29) is 16.6 Å². The second-order valence-electron chi connectivity index (χ2n) is 9.59. The monoisotopic (exact) mass is 450 g/mol. The Kier molecular flexibility index (Phi) is 13.8. The fourth-order valence-corrected chi connectivity index (χ4v) is 6.36. The maximum Gasteiger partial charge on any atom is 0.191 e. The molecule has 7 heteroatoms. The van der Waals surface area contributed by atoms with Gasteiger partial charge in [-0.1, -0.05) is 25.6 Å². The number of hydrogen-bond acceptors (Lipinski definition) is 6. The van der Waals surface area contributed by atoms with E-state index in [0.717, 1.165) is 0 Å². The van der Waals surface area contributed by atoms with E-state index in [1.54, 1.807) is 0 Å². The van der Waals surface area contributed by atoms with Crippen molar-refractivity contribution in [3.63, 3.8) is 0 Å². The van der Waals surface area contributed by atoms with Gasteiger partial charge in [-0.15, -0.1) is 0 Å². The van der Waals surface area contributed by atoms with Crippen molar-refractivity contribution in [1.29, 1.82) is 0 Å². The quantitative estimate of drug-likeness (QED) is 0.233. The van der Waals surface area contributed by atoms with Crippen molar-refractivity contribution < 1.29 is 14.1 Å². The summed E-state index contributed by atoms with van der Waals surface area (Å²) < 4.78 is 17.5. The molecule has 0 aliphatic carbocycles. The van der Waals surface area contributed by atoms with E-state index in [1.807, 2.05) is 27.7 Å². The molecule has 174 valence electrons. The molecular formula is C22H47N2O3PS. The topological polar surface area (TPSA) is 42.0 Å². The summed E-state index contributed by atoms with van der Waals surface area (Å²) in [5.74, 6) is 0.714. The summed E-state index contributed by atoms with van der Waals surface area (Å²) in [5, 5.41) is 0.218. The zero-order valence-electron chi connectivity index (χ0n) is 21.0. The molecule has 0 spiro atoms. The third-order valence-corrected chi connectivity index (χ3v) is 8.97. The van der Waals surface area contributed by atoms with Crippen molar-refractivity contribution in [1.82, 2.24) is 9.34 Å². The third kappa shape index (κ3) is 10.9. The van der Waals surface area contributed by atoms with E-state index in [0.29, 0.717) is 43.1 Å². The Morgan fingerprint density at radius 3 is 1.59 bits per heavy atom. The zero-order chi connectivity index (χ0) is 22.9. The summed E-state index contributed by atoms with van der Waals surface area (Å²) in [6, 6.07) is 1.60. The van der Waals surface area contributed by atoms with Gasteiger partial charge in [-0.25, -0.2) is 9.34 Å². The molecule has 29 heavy (non-hydrogen) atoms. The Balaban J connectivity index is 5.00. The molecule has 5 nitrogen and oxygen atoms in total. The third-order valence-electron chi connectivity index (χ3n) is 4.33. The number of ether oxygens (including phenoxy) is 1. The van der Waals surface area contributed by atoms with Gasteiger partial charge in [0.15, 0.2) is 13.6 Å². The average molecular weight is 451 g/mol. The molecule has 0 aromatic carbocycles. The van der Waals surface area contributed by atoms with Gasteiger partial charge in [0.2, 0.25) is 0 Å². The van der Waals surface area contributed by atoms with Crippen LogP contribution in [0.15, 0.2) is 0 Å². The van der Waals surface area contributed by atoms with Crippen molar-refractivity contribution in [2.75, 3.05) is 19.0 Å². The number of rotatable bonds is 14. The highest BCUT2D eigenvalue weighted by molar-refractivity contribution is 8.13. The normalized spacial score (nSPS) is 13.5. The van der Waals surface area contributed by atoms with Crippen molar-refractivity contribution in [2.45, 2.75) is 113 Å². The van der Waals surface area contributed by atoms with E-state index in [1.165, 1.54) is 11.8 Å². The molecule has 0 saturated heterocycles. The van der Waals surface area contributed by atoms with Gasteiger partial charge >= 0.3 is 0 Å². The summed E-state index contributed by atoms with van der Waals surface area (Å²) in [7, 11) is -0.892. The fraction of sp³-hybridized carbons (Fsp3) is 0.955. The molecular weight excluding hydrogens is 403 g/mol. The van der Waals surface area contributed by atoms with Crippen LogP contribution in [0.4, 0.5) is 0 Å². The highest BCUT2D eigenvalue weighted by atomic mass is 32.2. The Morgan fingerprint density at radius 2 is 1.24 bits per heavy atom. The maximum atomic E-state index is 11.9. The fourth-order valence-electron chi connectivity index (χ4n) is 3.13. The lowest BCUT2D eigenvalue weighted by molar-refractivity contribution is -0.113. The zero-order valence-corrected chi connectivity index (χ0v) is 22.7. The second kappa shape index (κ2) is 13.6. The van der Waals surface area contributed by atoms with Crippen LogP contribution in [-0.4, -0.2) is 63.2 Å². The molecule has 0 atom stereocenters. The minimum atomic E-state index is -0.892. The Bertz CT molecular complexity index is 435. The predicted molar refractivity (Wildman–Crippen MR) is 129 cm³/mol. The van der Waals surface area contributed by atoms with Crippen LogP contribution in [0.5, 0.6) is 0 Å².